The Bertz CT molecular complexity index is 103. The van der Waals surface area contributed by atoms with Gasteiger partial charge in [0.15, 0.2) is 0 Å². The molecule has 0 aromatic carbocycles. The molecule has 0 saturated carbocycles. The maximum atomic E-state index is 5.10. The molecule has 0 unspecified atom stereocenters. The van der Waals surface area contributed by atoms with Gasteiger partial charge in [-0.05, 0) is 13.3 Å². The van der Waals surface area contributed by atoms with E-state index in [1.54, 1.807) is 0 Å². The van der Waals surface area contributed by atoms with Crippen molar-refractivity contribution in [3.8, 4) is 0 Å². The number of ether oxygens (including phenoxy) is 1. The van der Waals surface area contributed by atoms with Crippen molar-refractivity contribution in [2.45, 2.75) is 13.3 Å². The number of nitrogens with one attached hydrogen (secondary N) is 1. The summed E-state index contributed by atoms with van der Waals surface area (Å²) < 4.78 is 5.54. The van der Waals surface area contributed by atoms with Crippen LogP contribution in [0.3, 0.4) is 0 Å². The van der Waals surface area contributed by atoms with Gasteiger partial charge in [0.25, 0.3) is 0 Å². The predicted octanol–water partition coefficient (Wildman–Crippen LogP) is -2.16. The normalized spacial score (nSPS) is 8.45. The van der Waals surface area contributed by atoms with Gasteiger partial charge in [-0.15, -0.1) is 0 Å². The molecule has 1 N–H and O–H groups in total. The molecule has 0 aromatic rings. The Balaban J connectivity index is 0. The van der Waals surface area contributed by atoms with Gasteiger partial charge in [-0.1, -0.05) is 4.32 Å². The smallest absolute Gasteiger partial charge is 0.412 e. The zero-order valence-corrected chi connectivity index (χ0v) is 10.7. The largest absolute Gasteiger partial charge is 1.00 e. The van der Waals surface area contributed by atoms with Crippen molar-refractivity contribution >= 4 is 29.2 Å². The Morgan fingerprint density at radius 1 is 1.64 bits per heavy atom. The van der Waals surface area contributed by atoms with Crippen LogP contribution in [0, 0.1) is 0 Å². The van der Waals surface area contributed by atoms with Crippen LogP contribution in [-0.4, -0.2) is 24.1 Å². The van der Waals surface area contributed by atoms with E-state index in [1.807, 2.05) is 6.92 Å². The third-order valence-corrected chi connectivity index (χ3v) is 1.23. The van der Waals surface area contributed by atoms with E-state index in [4.69, 9.17) is 4.74 Å². The first-order valence-electron chi connectivity index (χ1n) is 3.30. The van der Waals surface area contributed by atoms with Crippen LogP contribution in [0.4, 0.5) is 0 Å². The van der Waals surface area contributed by atoms with Crippen molar-refractivity contribution in [1.82, 2.24) is 5.32 Å². The van der Waals surface area contributed by atoms with Crippen LogP contribution in [-0.2, 0) is 17.4 Å². The molecular weight excluding hydrogens is 189 g/mol. The molecule has 0 heterocycles. The van der Waals surface area contributed by atoms with Crippen molar-refractivity contribution in [3.05, 3.63) is 0 Å². The van der Waals surface area contributed by atoms with Crippen LogP contribution in [0.25, 0.3) is 0 Å². The molecule has 0 spiro atoms. The van der Waals surface area contributed by atoms with Gasteiger partial charge in [0, 0.05) is 19.8 Å². The molecule has 11 heavy (non-hydrogen) atoms. The van der Waals surface area contributed by atoms with Gasteiger partial charge in [-0.2, -0.15) is 0 Å². The van der Waals surface area contributed by atoms with E-state index in [1.165, 1.54) is 0 Å². The molecule has 0 aliphatic heterocycles. The predicted molar refractivity (Wildman–Crippen MR) is 49.1 cm³/mol. The second kappa shape index (κ2) is 11.1. The van der Waals surface area contributed by atoms with Crippen LogP contribution in [0.15, 0.2) is 0 Å². The molecule has 60 valence electrons. The van der Waals surface area contributed by atoms with Crippen molar-refractivity contribution in [2.24, 2.45) is 0 Å². The third-order valence-electron chi connectivity index (χ3n) is 0.939. The van der Waals surface area contributed by atoms with Crippen LogP contribution in [0.5, 0.6) is 0 Å². The van der Waals surface area contributed by atoms with E-state index < -0.39 is 0 Å². The fourth-order valence-corrected chi connectivity index (χ4v) is 0.713. The number of hydrogen-bond acceptors (Lipinski definition) is 3. The fraction of sp³-hybridized carbons (Fsp3) is 0.833. The Hall–Kier alpha value is 1.07. The molecule has 0 rings (SSSR count). The fourth-order valence-electron chi connectivity index (χ4n) is 0.509. The summed E-state index contributed by atoms with van der Waals surface area (Å²) in [7, 11) is 0. The zero-order valence-electron chi connectivity index (χ0n) is 7.05. The van der Waals surface area contributed by atoms with Crippen molar-refractivity contribution in [2.75, 3.05) is 19.8 Å². The van der Waals surface area contributed by atoms with Crippen molar-refractivity contribution in [1.29, 1.82) is 0 Å². The van der Waals surface area contributed by atoms with E-state index in [0.29, 0.717) is 4.32 Å². The summed E-state index contributed by atoms with van der Waals surface area (Å²) in [6, 6.07) is 0. The second-order valence-corrected chi connectivity index (χ2v) is 2.84. The van der Waals surface area contributed by atoms with Gasteiger partial charge >= 0.3 is 29.6 Å². The molecular formula is C6H12NNaOS2. The summed E-state index contributed by atoms with van der Waals surface area (Å²) in [4.78, 5) is 0. The van der Waals surface area contributed by atoms with Crippen LogP contribution < -0.4 is 34.9 Å². The van der Waals surface area contributed by atoms with E-state index in [9.17, 15) is 0 Å². The molecule has 0 bridgehead atoms. The Kier molecular flexibility index (Phi) is 14.7. The average molecular weight is 201 g/mol. The zero-order chi connectivity index (χ0) is 7.82. The second-order valence-electron chi connectivity index (χ2n) is 1.76. The first kappa shape index (κ1) is 14.6. The molecule has 0 fully saturated rings. The topological polar surface area (TPSA) is 21.3 Å². The first-order chi connectivity index (χ1) is 4.77. The number of rotatable bonds is 5. The summed E-state index contributed by atoms with van der Waals surface area (Å²) in [6.07, 6.45) is 0.963. The van der Waals surface area contributed by atoms with E-state index in [0.717, 1.165) is 26.2 Å². The summed E-state index contributed by atoms with van der Waals surface area (Å²) >= 11 is 9.27. The molecule has 0 amide bonds. The van der Waals surface area contributed by atoms with Crippen molar-refractivity contribution < 1.29 is 34.3 Å². The van der Waals surface area contributed by atoms with Gasteiger partial charge in [0.1, 0.15) is 0 Å². The minimum absolute atomic E-state index is 0. The summed E-state index contributed by atoms with van der Waals surface area (Å²) in [6.45, 7) is 4.35. The van der Waals surface area contributed by atoms with Gasteiger partial charge in [0.05, 0.1) is 0 Å². The summed E-state index contributed by atoms with van der Waals surface area (Å²) in [5.74, 6) is 0. The van der Waals surface area contributed by atoms with Gasteiger partial charge in [-0.3, -0.25) is 0 Å². The van der Waals surface area contributed by atoms with Gasteiger partial charge in [-0.25, -0.2) is 0 Å². The molecule has 0 saturated heterocycles. The number of hydrogen-bond donors (Lipinski definition) is 1. The van der Waals surface area contributed by atoms with Gasteiger partial charge in [0.2, 0.25) is 0 Å². The standard InChI is InChI=1S/C6H13NOS2.Na/c1-2-8-5-3-4-7-6(9)10;/h2-5H2,1H3,(H2,7,9,10);/q;+1/p-1. The van der Waals surface area contributed by atoms with Crippen LogP contribution in [0.1, 0.15) is 13.3 Å². The molecule has 0 aliphatic carbocycles. The van der Waals surface area contributed by atoms with E-state index in [-0.39, 0.29) is 29.6 Å². The molecule has 2 nitrogen and oxygen atoms in total. The summed E-state index contributed by atoms with van der Waals surface area (Å²) in [5, 5.41) is 2.87. The SMILES string of the molecule is CCOCCCNC(=S)[S-].[Na+]. The van der Waals surface area contributed by atoms with Gasteiger partial charge < -0.3 is 34.9 Å². The molecule has 5 heteroatoms. The quantitative estimate of drug-likeness (QED) is 0.237. The first-order valence-corrected chi connectivity index (χ1v) is 4.11. The molecule has 0 atom stereocenters. The monoisotopic (exact) mass is 201 g/mol. The average Bonchev–Trinajstić information content (AvgIpc) is 1.87. The minimum Gasteiger partial charge on any atom is -0.412 e. The minimum atomic E-state index is 0. The Morgan fingerprint density at radius 3 is 2.73 bits per heavy atom. The van der Waals surface area contributed by atoms with Crippen molar-refractivity contribution in [3.63, 3.8) is 0 Å². The Labute approximate surface area is 101 Å². The maximum Gasteiger partial charge on any atom is 1.00 e. The van der Waals surface area contributed by atoms with Crippen LogP contribution in [0.2, 0.25) is 0 Å². The Morgan fingerprint density at radius 2 is 2.27 bits per heavy atom. The van der Waals surface area contributed by atoms with E-state index in [2.05, 4.69) is 30.2 Å². The molecule has 0 radical (unpaired) electrons. The van der Waals surface area contributed by atoms with Crippen LogP contribution >= 0.6 is 12.2 Å². The maximum absolute atomic E-state index is 5.10. The number of thiocarbonyl (C=S) groups is 1. The van der Waals surface area contributed by atoms with E-state index >= 15 is 0 Å². The molecule has 0 aliphatic rings. The molecule has 0 aromatic heterocycles. The summed E-state index contributed by atoms with van der Waals surface area (Å²) in [5.41, 5.74) is 0. The third kappa shape index (κ3) is 14.0.